The molecule has 0 amide bonds. The van der Waals surface area contributed by atoms with Crippen LogP contribution in [0, 0.1) is 0 Å². The molecule has 0 aliphatic heterocycles. The first-order chi connectivity index (χ1) is 17.9. The normalized spacial score (nSPS) is 12.9. The van der Waals surface area contributed by atoms with E-state index in [1.807, 2.05) is 11.8 Å². The molecule has 0 N–H and O–H groups in total. The molecule has 0 heterocycles. The molecule has 0 aliphatic rings. The van der Waals surface area contributed by atoms with Crippen LogP contribution in [0.15, 0.2) is 0 Å². The predicted molar refractivity (Wildman–Crippen MR) is 175 cm³/mol. The number of rotatable bonds is 29. The van der Waals surface area contributed by atoms with Crippen molar-refractivity contribution in [1.29, 1.82) is 0 Å². The standard InChI is InChI=1S/C33H69O2PS/c1-6-10-14-18-21-24-28-36(5,29-25-22-19-15-11-7-2,30-26-23-20-16-12-8-3)35-33(34)32-37-31-27-17-13-9-4/h6-32H2,1-5H3. The van der Waals surface area contributed by atoms with Crippen molar-refractivity contribution >= 4 is 24.6 Å². The first-order valence-electron chi connectivity index (χ1n) is 16.7. The topological polar surface area (TPSA) is 26.3 Å². The van der Waals surface area contributed by atoms with Crippen LogP contribution in [0.25, 0.3) is 0 Å². The summed E-state index contributed by atoms with van der Waals surface area (Å²) in [5.74, 6) is 1.76. The molecule has 0 bridgehead atoms. The first-order valence-corrected chi connectivity index (χ1v) is 21.1. The van der Waals surface area contributed by atoms with Crippen molar-refractivity contribution in [3.8, 4) is 0 Å². The van der Waals surface area contributed by atoms with Gasteiger partial charge in [0.1, 0.15) is 0 Å². The zero-order valence-electron chi connectivity index (χ0n) is 26.3. The Labute approximate surface area is 239 Å². The first kappa shape index (κ1) is 37.2. The summed E-state index contributed by atoms with van der Waals surface area (Å²) in [5, 5.41) is 0. The van der Waals surface area contributed by atoms with Gasteiger partial charge in [-0.25, -0.2) is 0 Å². The summed E-state index contributed by atoms with van der Waals surface area (Å²) in [6.45, 7) is 9.11. The van der Waals surface area contributed by atoms with Gasteiger partial charge in [0, 0.05) is 0 Å². The molecule has 0 aromatic heterocycles. The van der Waals surface area contributed by atoms with Gasteiger partial charge in [0.2, 0.25) is 0 Å². The molecule has 0 aliphatic carbocycles. The van der Waals surface area contributed by atoms with E-state index in [1.54, 1.807) is 0 Å². The van der Waals surface area contributed by atoms with Crippen LogP contribution >= 0.6 is 18.6 Å². The van der Waals surface area contributed by atoms with Crippen molar-refractivity contribution in [2.75, 3.05) is 36.7 Å². The molecule has 2 nitrogen and oxygen atoms in total. The van der Waals surface area contributed by atoms with Crippen LogP contribution in [-0.4, -0.2) is 42.6 Å². The van der Waals surface area contributed by atoms with Gasteiger partial charge in [0.25, 0.3) is 0 Å². The Morgan fingerprint density at radius 1 is 0.514 bits per heavy atom. The van der Waals surface area contributed by atoms with Gasteiger partial charge in [-0.2, -0.15) is 0 Å². The third-order valence-electron chi connectivity index (χ3n) is 8.18. The third-order valence-corrected chi connectivity index (χ3v) is 14.7. The Kier molecular flexibility index (Phi) is 25.4. The fraction of sp³-hybridized carbons (Fsp3) is 0.970. The summed E-state index contributed by atoms with van der Waals surface area (Å²) in [6, 6.07) is 0. The molecule has 0 spiro atoms. The third kappa shape index (κ3) is 21.7. The summed E-state index contributed by atoms with van der Waals surface area (Å²) in [4.78, 5) is 13.3. The molecule has 0 fully saturated rings. The van der Waals surface area contributed by atoms with Gasteiger partial charge in [-0.3, -0.25) is 0 Å². The average molecular weight is 561 g/mol. The van der Waals surface area contributed by atoms with Crippen LogP contribution in [0.2, 0.25) is 0 Å². The van der Waals surface area contributed by atoms with Gasteiger partial charge in [-0.15, -0.1) is 0 Å². The van der Waals surface area contributed by atoms with Crippen molar-refractivity contribution in [2.45, 2.75) is 169 Å². The second kappa shape index (κ2) is 25.2. The fourth-order valence-corrected chi connectivity index (χ4v) is 11.5. The Morgan fingerprint density at radius 3 is 1.22 bits per heavy atom. The van der Waals surface area contributed by atoms with Crippen molar-refractivity contribution in [2.24, 2.45) is 0 Å². The molecule has 0 saturated carbocycles. The SMILES string of the molecule is CCCCCCCCP(C)(CCCCCCCC)(CCCCCCCC)OC(=O)CSCCCCCC. The Hall–Kier alpha value is 0.250. The number of thioether (sulfide) groups is 1. The summed E-state index contributed by atoms with van der Waals surface area (Å²) in [5.41, 5.74) is 0. The maximum absolute atomic E-state index is 13.3. The van der Waals surface area contributed by atoms with Crippen molar-refractivity contribution in [3.63, 3.8) is 0 Å². The van der Waals surface area contributed by atoms with E-state index in [1.165, 1.54) is 160 Å². The molecular weight excluding hydrogens is 491 g/mol. The zero-order valence-corrected chi connectivity index (χ0v) is 28.0. The van der Waals surface area contributed by atoms with Gasteiger partial charge in [-0.1, -0.05) is 0 Å². The Morgan fingerprint density at radius 2 is 0.838 bits per heavy atom. The zero-order chi connectivity index (χ0) is 27.5. The van der Waals surface area contributed by atoms with E-state index >= 15 is 0 Å². The van der Waals surface area contributed by atoms with Crippen molar-refractivity contribution in [3.05, 3.63) is 0 Å². The monoisotopic (exact) mass is 560 g/mol. The molecule has 0 saturated heterocycles. The maximum atomic E-state index is 13.3. The minimum atomic E-state index is -2.51. The fourth-order valence-electron chi connectivity index (χ4n) is 5.62. The molecule has 4 heteroatoms. The number of unbranched alkanes of at least 4 members (excludes halogenated alkanes) is 18. The molecule has 0 aromatic rings. The molecule has 224 valence electrons. The van der Waals surface area contributed by atoms with E-state index in [0.29, 0.717) is 5.75 Å². The summed E-state index contributed by atoms with van der Waals surface area (Å²) >= 11 is 1.81. The summed E-state index contributed by atoms with van der Waals surface area (Å²) in [6.07, 6.45) is 32.4. The van der Waals surface area contributed by atoms with Gasteiger partial charge >= 0.3 is 239 Å². The summed E-state index contributed by atoms with van der Waals surface area (Å²) in [7, 11) is 0. The van der Waals surface area contributed by atoms with E-state index in [0.717, 1.165) is 5.75 Å². The summed E-state index contributed by atoms with van der Waals surface area (Å²) < 4.78 is 6.81. The van der Waals surface area contributed by atoms with Crippen molar-refractivity contribution < 1.29 is 9.32 Å². The average Bonchev–Trinajstić information content (AvgIpc) is 2.88. The molecule has 0 radical (unpaired) electrons. The second-order valence-electron chi connectivity index (χ2n) is 12.2. The van der Waals surface area contributed by atoms with Crippen LogP contribution in [-0.2, 0) is 9.32 Å². The Bertz CT molecular complexity index is 467. The van der Waals surface area contributed by atoms with Crippen LogP contribution in [0.4, 0.5) is 0 Å². The van der Waals surface area contributed by atoms with Crippen LogP contribution in [0.5, 0.6) is 0 Å². The van der Waals surface area contributed by atoms with E-state index in [2.05, 4.69) is 34.4 Å². The minimum absolute atomic E-state index is 0.101. The van der Waals surface area contributed by atoms with Gasteiger partial charge in [0.05, 0.1) is 0 Å². The molecule has 0 unspecified atom stereocenters. The van der Waals surface area contributed by atoms with E-state index in [4.69, 9.17) is 4.52 Å². The predicted octanol–water partition coefficient (Wildman–Crippen LogP) is 12.0. The number of hydrogen-bond acceptors (Lipinski definition) is 3. The van der Waals surface area contributed by atoms with Gasteiger partial charge in [0.15, 0.2) is 0 Å². The molecule has 37 heavy (non-hydrogen) atoms. The van der Waals surface area contributed by atoms with Crippen LogP contribution in [0.3, 0.4) is 0 Å². The quantitative estimate of drug-likeness (QED) is 0.0672. The van der Waals surface area contributed by atoms with Crippen LogP contribution < -0.4 is 0 Å². The van der Waals surface area contributed by atoms with E-state index < -0.39 is 6.83 Å². The van der Waals surface area contributed by atoms with Crippen molar-refractivity contribution in [1.82, 2.24) is 0 Å². The molecule has 0 aromatic carbocycles. The van der Waals surface area contributed by atoms with Gasteiger partial charge in [-0.05, 0) is 0 Å². The molecular formula is C33H69O2PS. The number of carbonyl (C=O) groups is 1. The number of hydrogen-bond donors (Lipinski definition) is 0. The number of carbonyl (C=O) groups excluding carboxylic acids is 1. The van der Waals surface area contributed by atoms with E-state index in [9.17, 15) is 4.79 Å². The van der Waals surface area contributed by atoms with E-state index in [-0.39, 0.29) is 5.97 Å². The van der Waals surface area contributed by atoms with Crippen LogP contribution in [0.1, 0.15) is 169 Å². The molecule has 0 atom stereocenters. The van der Waals surface area contributed by atoms with Gasteiger partial charge < -0.3 is 0 Å². The molecule has 0 rings (SSSR count). The second-order valence-corrected chi connectivity index (χ2v) is 19.2. The Balaban J connectivity index is 5.20.